The molecule has 0 fully saturated rings. The highest BCUT2D eigenvalue weighted by atomic mass is 32.1. The molecule has 0 radical (unpaired) electrons. The van der Waals surface area contributed by atoms with Crippen LogP contribution in [0.25, 0.3) is 21.2 Å². The molecular weight excluding hydrogens is 912 g/mol. The van der Waals surface area contributed by atoms with Crippen LogP contribution in [0.1, 0.15) is 208 Å². The summed E-state index contributed by atoms with van der Waals surface area (Å²) in [6.07, 6.45) is 7.11. The van der Waals surface area contributed by atoms with Gasteiger partial charge in [-0.1, -0.05) is 173 Å². The summed E-state index contributed by atoms with van der Waals surface area (Å²) >= 11 is 2.06. The van der Waals surface area contributed by atoms with Gasteiger partial charge < -0.3 is 9.80 Å². The summed E-state index contributed by atoms with van der Waals surface area (Å²) in [5.41, 5.74) is 25.5. The van der Waals surface area contributed by atoms with Gasteiger partial charge in [0.15, 0.2) is 0 Å². The van der Waals surface area contributed by atoms with E-state index in [1.165, 1.54) is 154 Å². The molecule has 0 spiro atoms. The van der Waals surface area contributed by atoms with Crippen LogP contribution in [-0.4, -0.2) is 6.71 Å². The van der Waals surface area contributed by atoms with Crippen molar-refractivity contribution < 1.29 is 0 Å². The number of anilines is 6. The minimum Gasteiger partial charge on any atom is -0.311 e. The maximum absolute atomic E-state index is 2.77. The van der Waals surface area contributed by atoms with Gasteiger partial charge >= 0.3 is 0 Å². The van der Waals surface area contributed by atoms with Crippen LogP contribution in [0.2, 0.25) is 0 Å². The van der Waals surface area contributed by atoms with E-state index in [9.17, 15) is 0 Å². The van der Waals surface area contributed by atoms with Crippen molar-refractivity contribution in [1.82, 2.24) is 0 Å². The fraction of sp³-hybridized carbons (Fsp3) is 0.457. The Hall–Kier alpha value is -5.06. The first-order chi connectivity index (χ1) is 34.4. The fourth-order valence-corrected chi connectivity index (χ4v) is 15.6. The second kappa shape index (κ2) is 15.8. The van der Waals surface area contributed by atoms with E-state index in [0.29, 0.717) is 0 Å². The molecule has 5 aliphatic rings. The van der Waals surface area contributed by atoms with Crippen molar-refractivity contribution in [3.8, 4) is 11.1 Å². The predicted molar refractivity (Wildman–Crippen MR) is 325 cm³/mol. The quantitative estimate of drug-likeness (QED) is 0.163. The SMILES string of the molecule is CC(C)(C)c1ccc(N2c3cc4c(cc3B3c5c2cc(C(C)(C)C)cc5N(c2ccc5c(c2)C(C)(C)CCC5(C)C)c2sc5cc6c(cc5c23)C(C)(C)CCC6(C)C)C(C)(C)CCC4(C)C)c(-c2ccccc2)c1. The Bertz CT molecular complexity index is 3490. The summed E-state index contributed by atoms with van der Waals surface area (Å²) in [5, 5.41) is 2.83. The molecule has 0 amide bonds. The standard InChI is InChI=1S/C70H83BN2S/c1-63(2,3)43-24-27-55(46(34-43)42-22-20-19-21-23-42)73-56-40-52-51(68(13,14)31-32-69(52,15)16)39-54(56)71-60-47-38-50-53(70(17,18)33-30-67(50,11)12)41-59(47)74-62(60)72(57-35-44(64(4,5)6)36-58(73)61(57)71)45-25-26-48-49(37-45)66(9,10)29-28-65(48,7)8/h19-27,34-41H,28-33H2,1-18H3. The Morgan fingerprint density at radius 3 is 1.49 bits per heavy atom. The first kappa shape index (κ1) is 49.8. The van der Waals surface area contributed by atoms with Crippen LogP contribution in [0, 0.1) is 0 Å². The lowest BCUT2D eigenvalue weighted by Crippen LogP contribution is -2.61. The topological polar surface area (TPSA) is 6.48 Å². The summed E-state index contributed by atoms with van der Waals surface area (Å²) in [5.74, 6) is 0. The molecule has 4 heteroatoms. The van der Waals surface area contributed by atoms with Gasteiger partial charge in [0.05, 0.1) is 10.7 Å². The van der Waals surface area contributed by atoms with E-state index in [0.717, 1.165) is 0 Å². The van der Waals surface area contributed by atoms with Crippen molar-refractivity contribution in [3.63, 3.8) is 0 Å². The van der Waals surface area contributed by atoms with Gasteiger partial charge in [-0.05, 0) is 208 Å². The van der Waals surface area contributed by atoms with E-state index in [1.807, 2.05) is 0 Å². The highest BCUT2D eigenvalue weighted by Gasteiger charge is 2.50. The lowest BCUT2D eigenvalue weighted by Gasteiger charge is -2.48. The monoisotopic (exact) mass is 995 g/mol. The smallest absolute Gasteiger partial charge is 0.254 e. The van der Waals surface area contributed by atoms with Crippen molar-refractivity contribution >= 4 is 78.0 Å². The van der Waals surface area contributed by atoms with Crippen LogP contribution < -0.4 is 26.2 Å². The summed E-state index contributed by atoms with van der Waals surface area (Å²) in [6.45, 7) is 44.3. The van der Waals surface area contributed by atoms with Gasteiger partial charge in [-0.2, -0.15) is 0 Å². The van der Waals surface area contributed by atoms with Crippen LogP contribution in [0.4, 0.5) is 33.4 Å². The third kappa shape index (κ3) is 7.43. The van der Waals surface area contributed by atoms with Crippen LogP contribution in [0.5, 0.6) is 0 Å². The second-order valence-corrected chi connectivity index (χ2v) is 30.9. The number of fused-ring (bicyclic) bond motifs is 9. The largest absolute Gasteiger partial charge is 0.311 e. The summed E-state index contributed by atoms with van der Waals surface area (Å²) < 4.78 is 1.42. The zero-order chi connectivity index (χ0) is 52.8. The summed E-state index contributed by atoms with van der Waals surface area (Å²) in [6, 6.07) is 42.4. The molecule has 0 bridgehead atoms. The summed E-state index contributed by atoms with van der Waals surface area (Å²) in [7, 11) is 0. The molecule has 0 unspecified atom stereocenters. The normalized spacial score (nSPS) is 20.3. The van der Waals surface area contributed by atoms with Gasteiger partial charge in [0, 0.05) is 33.0 Å². The van der Waals surface area contributed by atoms with Crippen LogP contribution in [-0.2, 0) is 43.3 Å². The Labute approximate surface area is 450 Å². The van der Waals surface area contributed by atoms with Crippen LogP contribution in [0.3, 0.4) is 0 Å². The molecule has 1 aromatic heterocycles. The molecule has 2 nitrogen and oxygen atoms in total. The average Bonchev–Trinajstić information content (AvgIpc) is 3.71. The summed E-state index contributed by atoms with van der Waals surface area (Å²) in [4.78, 5) is 5.53. The maximum Gasteiger partial charge on any atom is 0.254 e. The molecule has 6 aromatic carbocycles. The van der Waals surface area contributed by atoms with E-state index in [4.69, 9.17) is 0 Å². The lowest BCUT2D eigenvalue weighted by molar-refractivity contribution is 0.332. The molecule has 382 valence electrons. The van der Waals surface area contributed by atoms with Crippen LogP contribution in [0.15, 0.2) is 103 Å². The molecule has 2 aliphatic heterocycles. The van der Waals surface area contributed by atoms with Gasteiger partial charge in [-0.25, -0.2) is 0 Å². The Balaban J connectivity index is 1.27. The highest BCUT2D eigenvalue weighted by Crippen LogP contribution is 2.56. The van der Waals surface area contributed by atoms with Gasteiger partial charge in [0.25, 0.3) is 6.71 Å². The molecular formula is C70H83BN2S. The van der Waals surface area contributed by atoms with E-state index in [2.05, 4.69) is 249 Å². The predicted octanol–water partition coefficient (Wildman–Crippen LogP) is 18.3. The van der Waals surface area contributed by atoms with E-state index in [-0.39, 0.29) is 50.0 Å². The molecule has 12 rings (SSSR count). The minimum atomic E-state index is -0.128. The number of nitrogens with zero attached hydrogens (tertiary/aromatic N) is 2. The average molecular weight is 995 g/mol. The van der Waals surface area contributed by atoms with Gasteiger partial charge in [-0.15, -0.1) is 11.3 Å². The molecule has 7 aromatic rings. The Kier molecular flexibility index (Phi) is 10.6. The lowest BCUT2D eigenvalue weighted by atomic mass is 9.33. The van der Waals surface area contributed by atoms with Crippen molar-refractivity contribution in [2.24, 2.45) is 0 Å². The van der Waals surface area contributed by atoms with E-state index < -0.39 is 0 Å². The number of hydrogen-bond acceptors (Lipinski definition) is 3. The van der Waals surface area contributed by atoms with Crippen molar-refractivity contribution in [3.05, 3.63) is 148 Å². The zero-order valence-electron chi connectivity index (χ0n) is 48.4. The molecule has 0 saturated heterocycles. The van der Waals surface area contributed by atoms with E-state index in [1.54, 1.807) is 0 Å². The minimum absolute atomic E-state index is 0.0196. The van der Waals surface area contributed by atoms with Crippen molar-refractivity contribution in [1.29, 1.82) is 0 Å². The number of thiophene rings is 1. The fourth-order valence-electron chi connectivity index (χ4n) is 14.3. The van der Waals surface area contributed by atoms with E-state index >= 15 is 0 Å². The second-order valence-electron chi connectivity index (χ2n) is 29.8. The molecule has 3 heterocycles. The third-order valence-electron chi connectivity index (χ3n) is 19.8. The molecule has 74 heavy (non-hydrogen) atoms. The van der Waals surface area contributed by atoms with Gasteiger partial charge in [0.1, 0.15) is 0 Å². The van der Waals surface area contributed by atoms with Gasteiger partial charge in [-0.3, -0.25) is 0 Å². The molecule has 0 N–H and O–H groups in total. The molecule has 0 atom stereocenters. The maximum atomic E-state index is 2.77. The number of hydrogen-bond donors (Lipinski definition) is 0. The zero-order valence-corrected chi connectivity index (χ0v) is 49.3. The molecule has 0 saturated carbocycles. The van der Waals surface area contributed by atoms with Crippen LogP contribution >= 0.6 is 11.3 Å². The molecule has 3 aliphatic carbocycles. The van der Waals surface area contributed by atoms with Gasteiger partial charge in [0.2, 0.25) is 0 Å². The first-order valence-electron chi connectivity index (χ1n) is 28.3. The number of benzene rings is 6. The Morgan fingerprint density at radius 2 is 0.919 bits per heavy atom. The Morgan fingerprint density at radius 1 is 0.419 bits per heavy atom. The highest BCUT2D eigenvalue weighted by molar-refractivity contribution is 7.26. The van der Waals surface area contributed by atoms with Crippen molar-refractivity contribution in [2.45, 2.75) is 206 Å². The van der Waals surface area contributed by atoms with Crippen molar-refractivity contribution in [2.75, 3.05) is 9.80 Å². The number of rotatable bonds is 3. The third-order valence-corrected chi connectivity index (χ3v) is 20.9. The first-order valence-corrected chi connectivity index (χ1v) is 29.2.